The number of carbonyl (C=O) groups is 4. The number of nitrogens with one attached hydrogen (secondary N) is 1. The number of thioether (sulfide) groups is 1. The molecule has 0 saturated carbocycles. The number of methoxy groups -OCH3 is 1. The third kappa shape index (κ3) is 6.38. The Balaban J connectivity index is 1.66. The zero-order valence-electron chi connectivity index (χ0n) is 19.0. The monoisotopic (exact) mass is 484 g/mol. The number of imide groups is 1. The highest BCUT2D eigenvalue weighted by Gasteiger charge is 2.36. The Labute approximate surface area is 201 Å². The smallest absolute Gasteiger partial charge is 0.326 e. The van der Waals surface area contributed by atoms with Gasteiger partial charge < -0.3 is 19.5 Å². The van der Waals surface area contributed by atoms with Gasteiger partial charge in [0, 0.05) is 5.69 Å². The van der Waals surface area contributed by atoms with E-state index < -0.39 is 23.7 Å². The first-order chi connectivity index (χ1) is 16.3. The Kier molecular flexibility index (Phi) is 8.31. The van der Waals surface area contributed by atoms with E-state index >= 15 is 0 Å². The van der Waals surface area contributed by atoms with E-state index in [1.165, 1.54) is 13.2 Å². The van der Waals surface area contributed by atoms with E-state index in [0.717, 1.165) is 22.2 Å². The van der Waals surface area contributed by atoms with Gasteiger partial charge in [-0.15, -0.1) is 0 Å². The molecular weight excluding hydrogens is 460 g/mol. The van der Waals surface area contributed by atoms with E-state index in [1.54, 1.807) is 31.2 Å². The lowest BCUT2D eigenvalue weighted by molar-refractivity contribution is -0.146. The minimum atomic E-state index is -0.652. The minimum Gasteiger partial charge on any atom is -0.493 e. The summed E-state index contributed by atoms with van der Waals surface area (Å²) >= 11 is 0.736. The molecule has 1 saturated heterocycles. The van der Waals surface area contributed by atoms with Crippen molar-refractivity contribution in [2.24, 2.45) is 0 Å². The average Bonchev–Trinajstić information content (AvgIpc) is 3.05. The molecule has 0 aromatic heterocycles. The van der Waals surface area contributed by atoms with Crippen LogP contribution in [-0.2, 0) is 19.1 Å². The number of anilines is 1. The quantitative estimate of drug-likeness (QED) is 0.424. The average molecular weight is 485 g/mol. The standard InChI is InChI=1S/C24H24N2O7S/c1-4-32-22(28)13-26-23(29)20(34-24(26)30)12-16-8-9-18(19(11-16)31-3)33-14-21(27)25-17-7-5-6-15(2)10-17/h5-12H,4,13-14H2,1-3H3,(H,25,27)/b20-12+. The maximum absolute atomic E-state index is 12.5. The van der Waals surface area contributed by atoms with Gasteiger partial charge in [0.2, 0.25) is 0 Å². The molecule has 0 spiro atoms. The Morgan fingerprint density at radius 2 is 1.91 bits per heavy atom. The van der Waals surface area contributed by atoms with E-state index in [2.05, 4.69) is 5.32 Å². The number of aryl methyl sites for hydroxylation is 1. The molecule has 34 heavy (non-hydrogen) atoms. The summed E-state index contributed by atoms with van der Waals surface area (Å²) in [6.45, 7) is 3.07. The van der Waals surface area contributed by atoms with Crippen molar-refractivity contribution in [1.82, 2.24) is 4.90 Å². The van der Waals surface area contributed by atoms with Gasteiger partial charge in [0.25, 0.3) is 17.1 Å². The van der Waals surface area contributed by atoms with Crippen LogP contribution in [0, 0.1) is 6.92 Å². The molecule has 3 amide bonds. The van der Waals surface area contributed by atoms with Crippen LogP contribution in [0.5, 0.6) is 11.5 Å². The zero-order valence-corrected chi connectivity index (χ0v) is 19.8. The van der Waals surface area contributed by atoms with Crippen LogP contribution >= 0.6 is 11.8 Å². The van der Waals surface area contributed by atoms with Crippen molar-refractivity contribution in [2.75, 3.05) is 32.2 Å². The van der Waals surface area contributed by atoms with Crippen molar-refractivity contribution in [3.63, 3.8) is 0 Å². The van der Waals surface area contributed by atoms with Gasteiger partial charge in [-0.1, -0.05) is 18.2 Å². The second-order valence-electron chi connectivity index (χ2n) is 7.19. The summed E-state index contributed by atoms with van der Waals surface area (Å²) in [5.41, 5.74) is 2.28. The van der Waals surface area contributed by atoms with E-state index in [0.29, 0.717) is 22.7 Å². The third-order valence-electron chi connectivity index (χ3n) is 4.61. The van der Waals surface area contributed by atoms with Gasteiger partial charge in [-0.05, 0) is 67.1 Å². The van der Waals surface area contributed by atoms with Gasteiger partial charge in [-0.25, -0.2) is 0 Å². The van der Waals surface area contributed by atoms with Gasteiger partial charge >= 0.3 is 5.97 Å². The van der Waals surface area contributed by atoms with Gasteiger partial charge in [-0.2, -0.15) is 0 Å². The fourth-order valence-electron chi connectivity index (χ4n) is 3.08. The highest BCUT2D eigenvalue weighted by Crippen LogP contribution is 2.34. The predicted octanol–water partition coefficient (Wildman–Crippen LogP) is 3.62. The van der Waals surface area contributed by atoms with E-state index in [-0.39, 0.29) is 24.0 Å². The number of benzene rings is 2. The molecule has 178 valence electrons. The summed E-state index contributed by atoms with van der Waals surface area (Å²) in [5.74, 6) is -0.861. The molecule has 1 heterocycles. The number of ether oxygens (including phenoxy) is 3. The van der Waals surface area contributed by atoms with Crippen LogP contribution in [0.15, 0.2) is 47.4 Å². The molecular formula is C24H24N2O7S. The van der Waals surface area contributed by atoms with Crippen molar-refractivity contribution in [2.45, 2.75) is 13.8 Å². The van der Waals surface area contributed by atoms with E-state index in [1.807, 2.05) is 25.1 Å². The summed E-state index contributed by atoms with van der Waals surface area (Å²) in [5, 5.41) is 2.22. The summed E-state index contributed by atoms with van der Waals surface area (Å²) in [6, 6.07) is 12.3. The summed E-state index contributed by atoms with van der Waals surface area (Å²) in [7, 11) is 1.45. The summed E-state index contributed by atoms with van der Waals surface area (Å²) in [4.78, 5) is 49.5. The Morgan fingerprint density at radius 3 is 2.62 bits per heavy atom. The number of carbonyl (C=O) groups excluding carboxylic acids is 4. The SMILES string of the molecule is CCOC(=O)CN1C(=O)S/C(=C/c2ccc(OCC(=O)Nc3cccc(C)c3)c(OC)c2)C1=O. The highest BCUT2D eigenvalue weighted by atomic mass is 32.2. The van der Waals surface area contributed by atoms with Gasteiger partial charge in [0.15, 0.2) is 18.1 Å². The Hall–Kier alpha value is -3.79. The van der Waals surface area contributed by atoms with Crippen LogP contribution in [0.1, 0.15) is 18.1 Å². The predicted molar refractivity (Wildman–Crippen MR) is 128 cm³/mol. The fraction of sp³-hybridized carbons (Fsp3) is 0.250. The first-order valence-corrected chi connectivity index (χ1v) is 11.2. The fourth-order valence-corrected chi connectivity index (χ4v) is 3.92. The molecule has 1 aliphatic rings. The molecule has 1 aliphatic heterocycles. The molecule has 2 aromatic carbocycles. The first-order valence-electron chi connectivity index (χ1n) is 10.4. The van der Waals surface area contributed by atoms with Crippen LogP contribution in [0.2, 0.25) is 0 Å². The van der Waals surface area contributed by atoms with Crippen LogP contribution < -0.4 is 14.8 Å². The van der Waals surface area contributed by atoms with E-state index in [9.17, 15) is 19.2 Å². The third-order valence-corrected chi connectivity index (χ3v) is 5.52. The number of nitrogens with zero attached hydrogens (tertiary/aromatic N) is 1. The molecule has 0 bridgehead atoms. The molecule has 1 N–H and O–H groups in total. The summed E-state index contributed by atoms with van der Waals surface area (Å²) < 4.78 is 15.7. The number of hydrogen-bond acceptors (Lipinski definition) is 8. The molecule has 9 nitrogen and oxygen atoms in total. The van der Waals surface area contributed by atoms with Crippen LogP contribution in [0.25, 0.3) is 6.08 Å². The second-order valence-corrected chi connectivity index (χ2v) is 8.18. The molecule has 0 unspecified atom stereocenters. The maximum atomic E-state index is 12.5. The van der Waals surface area contributed by atoms with Crippen molar-refractivity contribution >= 4 is 46.5 Å². The Morgan fingerprint density at radius 1 is 1.12 bits per heavy atom. The second kappa shape index (κ2) is 11.4. The number of amides is 3. The number of rotatable bonds is 9. The zero-order chi connectivity index (χ0) is 24.7. The lowest BCUT2D eigenvalue weighted by atomic mass is 10.2. The minimum absolute atomic E-state index is 0.159. The van der Waals surface area contributed by atoms with Gasteiger partial charge in [-0.3, -0.25) is 24.1 Å². The molecule has 3 rings (SSSR count). The van der Waals surface area contributed by atoms with Crippen molar-refractivity contribution in [3.05, 3.63) is 58.5 Å². The molecule has 0 atom stereocenters. The van der Waals surface area contributed by atoms with Crippen molar-refractivity contribution in [1.29, 1.82) is 0 Å². The summed E-state index contributed by atoms with van der Waals surface area (Å²) in [6.07, 6.45) is 1.52. The molecule has 0 radical (unpaired) electrons. The van der Waals surface area contributed by atoms with Gasteiger partial charge in [0.1, 0.15) is 6.54 Å². The van der Waals surface area contributed by atoms with Crippen LogP contribution in [0.4, 0.5) is 10.5 Å². The van der Waals surface area contributed by atoms with Crippen molar-refractivity contribution < 1.29 is 33.4 Å². The Bertz CT molecular complexity index is 1150. The molecule has 2 aromatic rings. The first kappa shape index (κ1) is 24.8. The largest absolute Gasteiger partial charge is 0.493 e. The molecule has 10 heteroatoms. The van der Waals surface area contributed by atoms with Crippen LogP contribution in [-0.4, -0.2) is 54.8 Å². The van der Waals surface area contributed by atoms with Gasteiger partial charge in [0.05, 0.1) is 18.6 Å². The topological polar surface area (TPSA) is 111 Å². The van der Waals surface area contributed by atoms with E-state index in [4.69, 9.17) is 14.2 Å². The molecule has 1 fully saturated rings. The van der Waals surface area contributed by atoms with Crippen LogP contribution in [0.3, 0.4) is 0 Å². The number of hydrogen-bond donors (Lipinski definition) is 1. The maximum Gasteiger partial charge on any atom is 0.326 e. The lowest BCUT2D eigenvalue weighted by Crippen LogP contribution is -2.34. The lowest BCUT2D eigenvalue weighted by Gasteiger charge is -2.12. The number of esters is 1. The normalized spacial score (nSPS) is 14.3. The highest BCUT2D eigenvalue weighted by molar-refractivity contribution is 8.18. The van der Waals surface area contributed by atoms with Crippen molar-refractivity contribution in [3.8, 4) is 11.5 Å². The molecule has 0 aliphatic carbocycles.